The zero-order valence-corrected chi connectivity index (χ0v) is 10.6. The third-order valence-electron chi connectivity index (χ3n) is 2.95. The highest BCUT2D eigenvalue weighted by Crippen LogP contribution is 2.22. The molecule has 4 nitrogen and oxygen atoms in total. The van der Waals surface area contributed by atoms with E-state index in [9.17, 15) is 4.79 Å². The molecular weight excluding hydrogens is 216 g/mol. The van der Waals surface area contributed by atoms with Gasteiger partial charge in [-0.25, -0.2) is 0 Å². The number of ketones is 1. The SMILES string of the molecule is Cc1oc(C)c(C(=O)Cc2ccn(C)n2)c1C. The second kappa shape index (κ2) is 4.20. The number of carbonyl (C=O) groups is 1. The van der Waals surface area contributed by atoms with Crippen LogP contribution < -0.4 is 0 Å². The van der Waals surface area contributed by atoms with Gasteiger partial charge in [0.15, 0.2) is 5.78 Å². The van der Waals surface area contributed by atoms with Gasteiger partial charge >= 0.3 is 0 Å². The molecule has 0 aliphatic heterocycles. The van der Waals surface area contributed by atoms with Crippen molar-refractivity contribution >= 4 is 5.78 Å². The van der Waals surface area contributed by atoms with Crippen molar-refractivity contribution < 1.29 is 9.21 Å². The molecule has 2 aromatic rings. The maximum absolute atomic E-state index is 12.2. The number of rotatable bonds is 3. The topological polar surface area (TPSA) is 48.0 Å². The van der Waals surface area contributed by atoms with E-state index >= 15 is 0 Å². The largest absolute Gasteiger partial charge is 0.466 e. The van der Waals surface area contributed by atoms with E-state index in [4.69, 9.17) is 4.42 Å². The van der Waals surface area contributed by atoms with Crippen molar-refractivity contribution in [2.45, 2.75) is 27.2 Å². The van der Waals surface area contributed by atoms with Gasteiger partial charge in [0, 0.05) is 18.8 Å². The predicted molar refractivity (Wildman–Crippen MR) is 64.2 cm³/mol. The average Bonchev–Trinajstić information content (AvgIpc) is 2.73. The Kier molecular flexibility index (Phi) is 2.88. The van der Waals surface area contributed by atoms with E-state index in [1.807, 2.05) is 40.1 Å². The molecule has 0 aliphatic carbocycles. The lowest BCUT2D eigenvalue weighted by Gasteiger charge is -1.98. The molecule has 0 unspecified atom stereocenters. The fourth-order valence-corrected chi connectivity index (χ4v) is 2.01. The molecule has 0 amide bonds. The van der Waals surface area contributed by atoms with Gasteiger partial charge in [-0.05, 0) is 26.8 Å². The Bertz CT molecular complexity index is 564. The minimum absolute atomic E-state index is 0.0653. The van der Waals surface area contributed by atoms with Crippen LogP contribution in [0.4, 0.5) is 0 Å². The number of Topliss-reactive ketones (excluding diaryl/α,β-unsaturated/α-hetero) is 1. The van der Waals surface area contributed by atoms with Crippen molar-refractivity contribution in [3.63, 3.8) is 0 Å². The van der Waals surface area contributed by atoms with Crippen molar-refractivity contribution in [3.05, 3.63) is 40.6 Å². The molecule has 0 atom stereocenters. The van der Waals surface area contributed by atoms with Crippen LogP contribution >= 0.6 is 0 Å². The molecule has 0 aliphatic rings. The van der Waals surface area contributed by atoms with Crippen molar-refractivity contribution in [3.8, 4) is 0 Å². The van der Waals surface area contributed by atoms with E-state index in [2.05, 4.69) is 5.10 Å². The third kappa shape index (κ3) is 2.16. The number of nitrogens with zero attached hydrogens (tertiary/aromatic N) is 2. The van der Waals surface area contributed by atoms with Crippen LogP contribution in [0.25, 0.3) is 0 Å². The molecule has 0 radical (unpaired) electrons. The first-order valence-corrected chi connectivity index (χ1v) is 5.57. The molecule has 0 saturated carbocycles. The van der Waals surface area contributed by atoms with E-state index in [0.29, 0.717) is 17.7 Å². The highest BCUT2D eigenvalue weighted by Gasteiger charge is 2.19. The monoisotopic (exact) mass is 232 g/mol. The molecular formula is C13H16N2O2. The summed E-state index contributed by atoms with van der Waals surface area (Å²) in [5, 5.41) is 4.21. The Morgan fingerprint density at radius 2 is 2.06 bits per heavy atom. The number of aromatic nitrogens is 2. The maximum atomic E-state index is 12.2. The fourth-order valence-electron chi connectivity index (χ4n) is 2.01. The number of furan rings is 1. The van der Waals surface area contributed by atoms with Crippen LogP contribution in [0.15, 0.2) is 16.7 Å². The molecule has 2 heterocycles. The van der Waals surface area contributed by atoms with Gasteiger partial charge in [-0.3, -0.25) is 9.48 Å². The first-order valence-electron chi connectivity index (χ1n) is 5.57. The summed E-state index contributed by atoms with van der Waals surface area (Å²) in [5.41, 5.74) is 2.42. The smallest absolute Gasteiger partial charge is 0.172 e. The van der Waals surface area contributed by atoms with Crippen molar-refractivity contribution in [1.29, 1.82) is 0 Å². The zero-order chi connectivity index (χ0) is 12.6. The normalized spacial score (nSPS) is 10.8. The maximum Gasteiger partial charge on any atom is 0.172 e. The van der Waals surface area contributed by atoms with Crippen LogP contribution in [0.2, 0.25) is 0 Å². The first-order chi connectivity index (χ1) is 7.99. The molecule has 2 rings (SSSR count). The molecule has 2 aromatic heterocycles. The van der Waals surface area contributed by atoms with Gasteiger partial charge in [-0.1, -0.05) is 0 Å². The molecule has 0 fully saturated rings. The second-order valence-corrected chi connectivity index (χ2v) is 4.30. The van der Waals surface area contributed by atoms with Crippen molar-refractivity contribution in [2.75, 3.05) is 0 Å². The fraction of sp³-hybridized carbons (Fsp3) is 0.385. The number of hydrogen-bond acceptors (Lipinski definition) is 3. The summed E-state index contributed by atoms with van der Waals surface area (Å²) in [6.45, 7) is 5.61. The lowest BCUT2D eigenvalue weighted by molar-refractivity contribution is 0.0990. The minimum Gasteiger partial charge on any atom is -0.466 e. The number of hydrogen-bond donors (Lipinski definition) is 0. The zero-order valence-electron chi connectivity index (χ0n) is 10.6. The summed E-state index contributed by atoms with van der Waals surface area (Å²) in [6.07, 6.45) is 2.16. The van der Waals surface area contributed by atoms with Gasteiger partial charge in [0.1, 0.15) is 11.5 Å². The standard InChI is InChI=1S/C13H16N2O2/c1-8-9(2)17-10(3)13(8)12(16)7-11-5-6-15(4)14-11/h5-6H,7H2,1-4H3. The summed E-state index contributed by atoms with van der Waals surface area (Å²) in [6, 6.07) is 1.86. The molecule has 0 spiro atoms. The molecule has 0 N–H and O–H groups in total. The molecule has 17 heavy (non-hydrogen) atoms. The Labute approximate surface area is 100 Å². The van der Waals surface area contributed by atoms with Crippen molar-refractivity contribution in [1.82, 2.24) is 9.78 Å². The van der Waals surface area contributed by atoms with Crippen LogP contribution in [0, 0.1) is 20.8 Å². The van der Waals surface area contributed by atoms with E-state index in [1.165, 1.54) is 0 Å². The van der Waals surface area contributed by atoms with E-state index in [0.717, 1.165) is 17.0 Å². The highest BCUT2D eigenvalue weighted by molar-refractivity contribution is 5.99. The van der Waals surface area contributed by atoms with Crippen LogP contribution in [-0.2, 0) is 13.5 Å². The number of carbonyl (C=O) groups excluding carboxylic acids is 1. The Hall–Kier alpha value is -1.84. The van der Waals surface area contributed by atoms with Gasteiger partial charge in [0.05, 0.1) is 17.7 Å². The Morgan fingerprint density at radius 3 is 2.53 bits per heavy atom. The van der Waals surface area contributed by atoms with Gasteiger partial charge in [-0.2, -0.15) is 5.10 Å². The van der Waals surface area contributed by atoms with E-state index < -0.39 is 0 Å². The highest BCUT2D eigenvalue weighted by atomic mass is 16.3. The summed E-state index contributed by atoms with van der Waals surface area (Å²) in [4.78, 5) is 12.2. The van der Waals surface area contributed by atoms with Crippen LogP contribution in [0.3, 0.4) is 0 Å². The lowest BCUT2D eigenvalue weighted by Crippen LogP contribution is -2.06. The minimum atomic E-state index is 0.0653. The quantitative estimate of drug-likeness (QED) is 0.763. The van der Waals surface area contributed by atoms with Crippen LogP contribution in [-0.4, -0.2) is 15.6 Å². The summed E-state index contributed by atoms with van der Waals surface area (Å²) >= 11 is 0. The number of aryl methyl sites for hydroxylation is 3. The van der Waals surface area contributed by atoms with Crippen LogP contribution in [0.1, 0.15) is 33.1 Å². The average molecular weight is 232 g/mol. The summed E-state index contributed by atoms with van der Waals surface area (Å²) in [7, 11) is 1.84. The van der Waals surface area contributed by atoms with E-state index in [-0.39, 0.29) is 5.78 Å². The third-order valence-corrected chi connectivity index (χ3v) is 2.95. The van der Waals surface area contributed by atoms with E-state index in [1.54, 1.807) is 4.68 Å². The van der Waals surface area contributed by atoms with Crippen LogP contribution in [0.5, 0.6) is 0 Å². The van der Waals surface area contributed by atoms with Gasteiger partial charge < -0.3 is 4.42 Å². The summed E-state index contributed by atoms with van der Waals surface area (Å²) < 4.78 is 7.16. The molecule has 4 heteroatoms. The molecule has 90 valence electrons. The predicted octanol–water partition coefficient (Wildman–Crippen LogP) is 2.36. The van der Waals surface area contributed by atoms with Gasteiger partial charge in [0.2, 0.25) is 0 Å². The van der Waals surface area contributed by atoms with Crippen molar-refractivity contribution in [2.24, 2.45) is 7.05 Å². The second-order valence-electron chi connectivity index (χ2n) is 4.30. The Balaban J connectivity index is 2.26. The lowest BCUT2D eigenvalue weighted by atomic mass is 10.0. The van der Waals surface area contributed by atoms with Gasteiger partial charge in [-0.15, -0.1) is 0 Å². The summed E-state index contributed by atoms with van der Waals surface area (Å²) in [5.74, 6) is 1.57. The molecule has 0 aromatic carbocycles. The first kappa shape index (κ1) is 11.6. The molecule has 0 saturated heterocycles. The molecule has 0 bridgehead atoms. The Morgan fingerprint density at radius 1 is 1.35 bits per heavy atom. The van der Waals surface area contributed by atoms with Gasteiger partial charge in [0.25, 0.3) is 0 Å².